The number of aliphatic hydroxyl groups is 3. The summed E-state index contributed by atoms with van der Waals surface area (Å²) in [5, 5.41) is 29.6. The fourth-order valence-corrected chi connectivity index (χ4v) is 2.66. The highest BCUT2D eigenvalue weighted by Gasteiger charge is 2.43. The molecule has 3 rings (SSSR count). The van der Waals surface area contributed by atoms with Crippen molar-refractivity contribution in [1.82, 2.24) is 14.5 Å². The number of fused-ring (bicyclic) bond motifs is 1. The maximum Gasteiger partial charge on any atom is 0.200 e. The van der Waals surface area contributed by atoms with Gasteiger partial charge in [-0.1, -0.05) is 12.2 Å². The molecular weight excluding hydrogens is 284 g/mol. The lowest BCUT2D eigenvalue weighted by Crippen LogP contribution is -2.33. The first-order chi connectivity index (χ1) is 9.52. The number of aromatic amines is 1. The summed E-state index contributed by atoms with van der Waals surface area (Å²) in [6.07, 6.45) is -2.36. The number of nitrogens with zero attached hydrogens (tertiary/aromatic N) is 2. The number of rotatable bonds is 2. The van der Waals surface area contributed by atoms with Crippen LogP contribution in [0.3, 0.4) is 0 Å². The topological polar surface area (TPSA) is 130 Å². The molecule has 2 aromatic heterocycles. The molecule has 9 heteroatoms. The molecule has 0 radical (unpaired) electrons. The molecule has 6 N–H and O–H groups in total. The van der Waals surface area contributed by atoms with Gasteiger partial charge in [-0.3, -0.25) is 0 Å². The third-order valence-corrected chi connectivity index (χ3v) is 3.72. The van der Waals surface area contributed by atoms with Crippen LogP contribution in [0.2, 0.25) is 0 Å². The zero-order chi connectivity index (χ0) is 14.4. The molecule has 4 atom stereocenters. The zero-order valence-electron chi connectivity index (χ0n) is 10.3. The quantitative estimate of drug-likeness (QED) is 0.463. The van der Waals surface area contributed by atoms with Gasteiger partial charge in [-0.15, -0.1) is 0 Å². The molecule has 20 heavy (non-hydrogen) atoms. The second-order valence-corrected chi connectivity index (χ2v) is 5.03. The summed E-state index contributed by atoms with van der Waals surface area (Å²) in [7, 11) is 0. The third kappa shape index (κ3) is 1.91. The normalized spacial score (nSPS) is 30.1. The number of ether oxygens (including phenoxy) is 1. The molecule has 3 heterocycles. The summed E-state index contributed by atoms with van der Waals surface area (Å²) in [4.78, 5) is 6.79. The van der Waals surface area contributed by atoms with E-state index < -0.39 is 24.5 Å². The first-order valence-electron chi connectivity index (χ1n) is 6.01. The van der Waals surface area contributed by atoms with Crippen molar-refractivity contribution in [3.05, 3.63) is 16.9 Å². The van der Waals surface area contributed by atoms with Gasteiger partial charge >= 0.3 is 0 Å². The van der Waals surface area contributed by atoms with Gasteiger partial charge in [-0.05, 0) is 6.07 Å². The molecule has 0 unspecified atom stereocenters. The SMILES string of the molecule is Nc1nc(=S)c2ccn([C@@H]3O[C@H](CO)[C@@H](O)[C@H]3O)c2[nH]1. The summed E-state index contributed by atoms with van der Waals surface area (Å²) in [5.41, 5.74) is 6.17. The molecule has 1 aliphatic rings. The van der Waals surface area contributed by atoms with Crippen LogP contribution in [0.5, 0.6) is 0 Å². The van der Waals surface area contributed by atoms with Crippen molar-refractivity contribution in [1.29, 1.82) is 0 Å². The largest absolute Gasteiger partial charge is 0.394 e. The predicted octanol–water partition coefficient (Wildman–Crippen LogP) is -0.712. The van der Waals surface area contributed by atoms with E-state index in [4.69, 9.17) is 27.8 Å². The number of hydrogen-bond acceptors (Lipinski definition) is 7. The lowest BCUT2D eigenvalue weighted by molar-refractivity contribution is -0.0508. The van der Waals surface area contributed by atoms with E-state index in [1.54, 1.807) is 16.8 Å². The van der Waals surface area contributed by atoms with Crippen molar-refractivity contribution < 1.29 is 20.1 Å². The van der Waals surface area contributed by atoms with E-state index in [0.29, 0.717) is 15.7 Å². The van der Waals surface area contributed by atoms with E-state index in [1.165, 1.54) is 0 Å². The summed E-state index contributed by atoms with van der Waals surface area (Å²) >= 11 is 5.11. The van der Waals surface area contributed by atoms with Crippen LogP contribution < -0.4 is 5.73 Å². The lowest BCUT2D eigenvalue weighted by Gasteiger charge is -2.17. The Bertz CT molecular complexity index is 699. The summed E-state index contributed by atoms with van der Waals surface area (Å²) in [6, 6.07) is 1.72. The Morgan fingerprint density at radius 1 is 1.45 bits per heavy atom. The molecule has 1 saturated heterocycles. The van der Waals surface area contributed by atoms with E-state index in [9.17, 15) is 10.2 Å². The van der Waals surface area contributed by atoms with Crippen LogP contribution in [0.1, 0.15) is 6.23 Å². The average molecular weight is 298 g/mol. The molecule has 0 aliphatic carbocycles. The highest BCUT2D eigenvalue weighted by atomic mass is 32.1. The number of nitrogens with two attached hydrogens (primary N) is 1. The van der Waals surface area contributed by atoms with Crippen molar-refractivity contribution in [3.8, 4) is 0 Å². The lowest BCUT2D eigenvalue weighted by atomic mass is 10.1. The van der Waals surface area contributed by atoms with Crippen molar-refractivity contribution in [2.24, 2.45) is 0 Å². The first-order valence-corrected chi connectivity index (χ1v) is 6.42. The van der Waals surface area contributed by atoms with Crippen LogP contribution in [0.15, 0.2) is 12.3 Å². The van der Waals surface area contributed by atoms with E-state index in [2.05, 4.69) is 9.97 Å². The zero-order valence-corrected chi connectivity index (χ0v) is 11.1. The maximum atomic E-state index is 10.0. The number of aliphatic hydroxyl groups excluding tert-OH is 3. The third-order valence-electron chi connectivity index (χ3n) is 3.41. The van der Waals surface area contributed by atoms with Gasteiger partial charge in [-0.25, -0.2) is 4.98 Å². The molecule has 1 fully saturated rings. The second-order valence-electron chi connectivity index (χ2n) is 4.64. The Morgan fingerprint density at radius 3 is 2.85 bits per heavy atom. The molecule has 0 spiro atoms. The van der Waals surface area contributed by atoms with Gasteiger partial charge in [0.1, 0.15) is 28.6 Å². The number of hydrogen-bond donors (Lipinski definition) is 5. The standard InChI is InChI=1S/C11H14N4O4S/c12-11-13-8-4(9(20)14-11)1-2-15(8)10-7(18)6(17)5(3-16)19-10/h1-2,5-7,10,16-18H,3H2,(H3,12,13,14,20)/t5-,6-,7-,10-/m1/s1. The van der Waals surface area contributed by atoms with Gasteiger partial charge in [0.25, 0.3) is 0 Å². The monoisotopic (exact) mass is 298 g/mol. The van der Waals surface area contributed by atoms with Crippen molar-refractivity contribution >= 4 is 29.2 Å². The highest BCUT2D eigenvalue weighted by molar-refractivity contribution is 7.71. The number of H-pyrrole nitrogens is 1. The molecule has 0 aromatic carbocycles. The molecule has 108 valence electrons. The fraction of sp³-hybridized carbons (Fsp3) is 0.455. The number of anilines is 1. The Morgan fingerprint density at radius 2 is 2.20 bits per heavy atom. The Balaban J connectivity index is 2.09. The molecule has 1 aliphatic heterocycles. The molecule has 8 nitrogen and oxygen atoms in total. The number of nitrogen functional groups attached to an aromatic ring is 1. The second kappa shape index (κ2) is 4.79. The van der Waals surface area contributed by atoms with Crippen LogP contribution >= 0.6 is 12.2 Å². The average Bonchev–Trinajstić information content (AvgIpc) is 2.93. The highest BCUT2D eigenvalue weighted by Crippen LogP contribution is 2.32. The minimum Gasteiger partial charge on any atom is -0.394 e. The summed E-state index contributed by atoms with van der Waals surface area (Å²) in [6.45, 7) is -0.381. The van der Waals surface area contributed by atoms with Gasteiger partial charge in [0.15, 0.2) is 12.2 Å². The summed E-state index contributed by atoms with van der Waals surface area (Å²) in [5.74, 6) is 0.147. The van der Waals surface area contributed by atoms with Gasteiger partial charge in [-0.2, -0.15) is 0 Å². The fourth-order valence-electron chi connectivity index (χ4n) is 2.39. The number of aromatic nitrogens is 3. The number of nitrogens with one attached hydrogen (secondary N) is 1. The Kier molecular flexibility index (Phi) is 3.22. The minimum atomic E-state index is -1.17. The minimum absolute atomic E-state index is 0.147. The van der Waals surface area contributed by atoms with E-state index in [0.717, 1.165) is 0 Å². The Hall–Kier alpha value is -1.52. The van der Waals surface area contributed by atoms with Crippen molar-refractivity contribution in [3.63, 3.8) is 0 Å². The molecule has 0 amide bonds. The smallest absolute Gasteiger partial charge is 0.200 e. The van der Waals surface area contributed by atoms with Crippen molar-refractivity contribution in [2.75, 3.05) is 12.3 Å². The van der Waals surface area contributed by atoms with Gasteiger partial charge in [0.05, 0.1) is 12.0 Å². The maximum absolute atomic E-state index is 10.0. The first kappa shape index (κ1) is 13.5. The molecule has 2 aromatic rings. The summed E-state index contributed by atoms with van der Waals surface area (Å²) < 4.78 is 7.38. The molecular formula is C11H14N4O4S. The van der Waals surface area contributed by atoms with Crippen LogP contribution in [0.25, 0.3) is 11.0 Å². The van der Waals surface area contributed by atoms with Gasteiger partial charge in [0.2, 0.25) is 0 Å². The van der Waals surface area contributed by atoms with Crippen LogP contribution in [0, 0.1) is 4.64 Å². The van der Waals surface area contributed by atoms with Crippen LogP contribution in [-0.4, -0.2) is 54.8 Å². The van der Waals surface area contributed by atoms with Gasteiger partial charge < -0.3 is 35.3 Å². The van der Waals surface area contributed by atoms with Crippen LogP contribution in [0.4, 0.5) is 5.95 Å². The van der Waals surface area contributed by atoms with E-state index >= 15 is 0 Å². The van der Waals surface area contributed by atoms with E-state index in [1.807, 2.05) is 0 Å². The van der Waals surface area contributed by atoms with E-state index in [-0.39, 0.29) is 12.6 Å². The predicted molar refractivity (Wildman–Crippen MR) is 72.3 cm³/mol. The van der Waals surface area contributed by atoms with Crippen LogP contribution in [-0.2, 0) is 4.74 Å². The van der Waals surface area contributed by atoms with Crippen molar-refractivity contribution in [2.45, 2.75) is 24.5 Å². The van der Waals surface area contributed by atoms with Gasteiger partial charge in [0, 0.05) is 6.20 Å². The Labute approximate surface area is 118 Å². The molecule has 0 bridgehead atoms. The molecule has 0 saturated carbocycles.